The lowest BCUT2D eigenvalue weighted by atomic mass is 10.1. The first-order valence-corrected chi connectivity index (χ1v) is 9.49. The van der Waals surface area contributed by atoms with Crippen LogP contribution in [0.15, 0.2) is 47.5 Å². The molecule has 0 aliphatic heterocycles. The SMILES string of the molecule is COc1ccc(CCNC(=NCc2ccc(F)c(C)c2)NCC(=O)N(C)C)cc1. The molecule has 0 atom stereocenters. The van der Waals surface area contributed by atoms with Crippen molar-refractivity contribution in [3.63, 3.8) is 0 Å². The Labute approximate surface area is 171 Å². The summed E-state index contributed by atoms with van der Waals surface area (Å²) >= 11 is 0. The number of benzene rings is 2. The number of hydrogen-bond acceptors (Lipinski definition) is 3. The van der Waals surface area contributed by atoms with Crippen LogP contribution < -0.4 is 15.4 Å². The molecule has 0 aliphatic carbocycles. The van der Waals surface area contributed by atoms with Gasteiger partial charge in [0.05, 0.1) is 20.2 Å². The lowest BCUT2D eigenvalue weighted by molar-refractivity contribution is -0.127. The number of aryl methyl sites for hydroxylation is 1. The Morgan fingerprint density at radius 1 is 1.10 bits per heavy atom. The number of methoxy groups -OCH3 is 1. The normalized spacial score (nSPS) is 11.1. The molecule has 2 aromatic carbocycles. The van der Waals surface area contributed by atoms with Crippen LogP contribution in [0, 0.1) is 12.7 Å². The Morgan fingerprint density at radius 3 is 2.41 bits per heavy atom. The van der Waals surface area contributed by atoms with Crippen molar-refractivity contribution in [2.24, 2.45) is 4.99 Å². The van der Waals surface area contributed by atoms with Crippen LogP contribution in [0.1, 0.15) is 16.7 Å². The number of guanidine groups is 1. The average molecular weight is 400 g/mol. The van der Waals surface area contributed by atoms with Gasteiger partial charge in [0.25, 0.3) is 0 Å². The summed E-state index contributed by atoms with van der Waals surface area (Å²) in [5, 5.41) is 6.31. The number of nitrogens with zero attached hydrogens (tertiary/aromatic N) is 2. The zero-order valence-electron chi connectivity index (χ0n) is 17.5. The molecule has 0 unspecified atom stereocenters. The fraction of sp³-hybridized carbons (Fsp3) is 0.364. The standard InChI is InChI=1S/C22H29FN4O2/c1-16-13-18(7-10-20(16)23)14-25-22(26-15-21(28)27(2)3)24-12-11-17-5-8-19(29-4)9-6-17/h5-10,13H,11-12,14-15H2,1-4H3,(H2,24,25,26). The highest BCUT2D eigenvalue weighted by Gasteiger charge is 2.06. The van der Waals surface area contributed by atoms with Crippen LogP contribution in [0.3, 0.4) is 0 Å². The van der Waals surface area contributed by atoms with Crippen molar-refractivity contribution in [3.05, 3.63) is 65.0 Å². The molecule has 0 spiro atoms. The summed E-state index contributed by atoms with van der Waals surface area (Å²) in [6.07, 6.45) is 0.794. The van der Waals surface area contributed by atoms with E-state index in [2.05, 4.69) is 15.6 Å². The third-order valence-corrected chi connectivity index (χ3v) is 4.41. The highest BCUT2D eigenvalue weighted by atomic mass is 19.1. The fourth-order valence-electron chi connectivity index (χ4n) is 2.58. The van der Waals surface area contributed by atoms with E-state index < -0.39 is 0 Å². The largest absolute Gasteiger partial charge is 0.497 e. The predicted molar refractivity (Wildman–Crippen MR) is 114 cm³/mol. The Bertz CT molecular complexity index is 835. The number of ether oxygens (including phenoxy) is 1. The van der Waals surface area contributed by atoms with Crippen molar-refractivity contribution in [1.29, 1.82) is 0 Å². The van der Waals surface area contributed by atoms with Crippen LogP contribution in [0.4, 0.5) is 4.39 Å². The number of carbonyl (C=O) groups is 1. The summed E-state index contributed by atoms with van der Waals surface area (Å²) in [6, 6.07) is 12.8. The van der Waals surface area contributed by atoms with Crippen LogP contribution in [0.5, 0.6) is 5.75 Å². The Hall–Kier alpha value is -3.09. The second-order valence-corrected chi connectivity index (χ2v) is 6.91. The molecule has 0 radical (unpaired) electrons. The van der Waals surface area contributed by atoms with Crippen LogP contribution >= 0.6 is 0 Å². The molecule has 156 valence electrons. The molecule has 0 heterocycles. The molecule has 6 nitrogen and oxygen atoms in total. The summed E-state index contributed by atoms with van der Waals surface area (Å²) in [5.74, 6) is 1.08. The van der Waals surface area contributed by atoms with Gasteiger partial charge in [-0.3, -0.25) is 4.79 Å². The second-order valence-electron chi connectivity index (χ2n) is 6.91. The first-order chi connectivity index (χ1) is 13.9. The Balaban J connectivity index is 1.98. The zero-order valence-corrected chi connectivity index (χ0v) is 17.5. The number of aliphatic imine (C=N–C) groups is 1. The van der Waals surface area contributed by atoms with Crippen LogP contribution in [-0.2, 0) is 17.8 Å². The van der Waals surface area contributed by atoms with Crippen molar-refractivity contribution in [2.75, 3.05) is 34.3 Å². The molecule has 1 amide bonds. The van der Waals surface area contributed by atoms with Crippen LogP contribution in [0.2, 0.25) is 0 Å². The lowest BCUT2D eigenvalue weighted by Crippen LogP contribution is -2.43. The Morgan fingerprint density at radius 2 is 1.79 bits per heavy atom. The number of amides is 1. The second kappa shape index (κ2) is 11.0. The molecule has 2 N–H and O–H groups in total. The number of likely N-dealkylation sites (N-methyl/N-ethyl adjacent to an activating group) is 1. The summed E-state index contributed by atoms with van der Waals surface area (Å²) in [4.78, 5) is 17.9. The summed E-state index contributed by atoms with van der Waals surface area (Å²) in [6.45, 7) is 2.90. The van der Waals surface area contributed by atoms with E-state index in [-0.39, 0.29) is 18.3 Å². The highest BCUT2D eigenvalue weighted by molar-refractivity contribution is 5.86. The van der Waals surface area contributed by atoms with Crippen molar-refractivity contribution < 1.29 is 13.9 Å². The minimum Gasteiger partial charge on any atom is -0.497 e. The van der Waals surface area contributed by atoms with Gasteiger partial charge in [0.2, 0.25) is 5.91 Å². The quantitative estimate of drug-likeness (QED) is 0.528. The molecule has 29 heavy (non-hydrogen) atoms. The van der Waals surface area contributed by atoms with E-state index in [4.69, 9.17) is 4.74 Å². The predicted octanol–water partition coefficient (Wildman–Crippen LogP) is 2.51. The van der Waals surface area contributed by atoms with Crippen molar-refractivity contribution >= 4 is 11.9 Å². The first-order valence-electron chi connectivity index (χ1n) is 9.49. The van der Waals surface area contributed by atoms with E-state index in [1.54, 1.807) is 40.3 Å². The molecule has 0 saturated carbocycles. The molecule has 2 aromatic rings. The van der Waals surface area contributed by atoms with Gasteiger partial charge in [-0.05, 0) is 48.2 Å². The highest BCUT2D eigenvalue weighted by Crippen LogP contribution is 2.12. The number of halogens is 1. The molecule has 0 bridgehead atoms. The van der Waals surface area contributed by atoms with Gasteiger partial charge in [-0.1, -0.05) is 24.3 Å². The van der Waals surface area contributed by atoms with Gasteiger partial charge in [0.1, 0.15) is 11.6 Å². The van der Waals surface area contributed by atoms with Crippen molar-refractivity contribution in [1.82, 2.24) is 15.5 Å². The summed E-state index contributed by atoms with van der Waals surface area (Å²) < 4.78 is 18.6. The molecule has 0 saturated heterocycles. The molecular formula is C22H29FN4O2. The minimum absolute atomic E-state index is 0.0488. The van der Waals surface area contributed by atoms with Gasteiger partial charge >= 0.3 is 0 Å². The summed E-state index contributed by atoms with van der Waals surface area (Å²) in [7, 11) is 5.06. The van der Waals surface area contributed by atoms with Crippen LogP contribution in [0.25, 0.3) is 0 Å². The number of carbonyl (C=O) groups excluding carboxylic acids is 1. The third kappa shape index (κ3) is 7.44. The van der Waals surface area contributed by atoms with Gasteiger partial charge in [0, 0.05) is 20.6 Å². The van der Waals surface area contributed by atoms with E-state index in [9.17, 15) is 9.18 Å². The number of rotatable bonds is 8. The first kappa shape index (κ1) is 22.2. The smallest absolute Gasteiger partial charge is 0.241 e. The maximum Gasteiger partial charge on any atom is 0.241 e. The lowest BCUT2D eigenvalue weighted by Gasteiger charge is -2.15. The number of hydrogen-bond donors (Lipinski definition) is 2. The minimum atomic E-state index is -0.231. The van der Waals surface area contributed by atoms with Gasteiger partial charge in [-0.25, -0.2) is 9.38 Å². The molecule has 2 rings (SSSR count). The van der Waals surface area contributed by atoms with Gasteiger partial charge < -0.3 is 20.3 Å². The van der Waals surface area contributed by atoms with Gasteiger partial charge in [0.15, 0.2) is 5.96 Å². The monoisotopic (exact) mass is 400 g/mol. The van der Waals surface area contributed by atoms with Gasteiger partial charge in [-0.2, -0.15) is 0 Å². The maximum atomic E-state index is 13.4. The van der Waals surface area contributed by atoms with E-state index in [1.165, 1.54) is 11.0 Å². The molecule has 0 aromatic heterocycles. The molecule has 0 aliphatic rings. The van der Waals surface area contributed by atoms with Gasteiger partial charge in [-0.15, -0.1) is 0 Å². The number of nitrogens with one attached hydrogen (secondary N) is 2. The molecule has 7 heteroatoms. The third-order valence-electron chi connectivity index (χ3n) is 4.41. The van der Waals surface area contributed by atoms with Crippen molar-refractivity contribution in [2.45, 2.75) is 19.9 Å². The van der Waals surface area contributed by atoms with Crippen molar-refractivity contribution in [3.8, 4) is 5.75 Å². The van der Waals surface area contributed by atoms with Crippen LogP contribution in [-0.4, -0.2) is 51.1 Å². The summed E-state index contributed by atoms with van der Waals surface area (Å²) in [5.41, 5.74) is 2.65. The molecular weight excluding hydrogens is 371 g/mol. The topological polar surface area (TPSA) is 66.0 Å². The zero-order chi connectivity index (χ0) is 21.2. The van der Waals surface area contributed by atoms with E-state index in [0.29, 0.717) is 24.6 Å². The maximum absolute atomic E-state index is 13.4. The average Bonchev–Trinajstić information content (AvgIpc) is 2.72. The van der Waals surface area contributed by atoms with E-state index in [1.807, 2.05) is 24.3 Å². The fourth-order valence-corrected chi connectivity index (χ4v) is 2.58. The Kier molecular flexibility index (Phi) is 8.45. The van der Waals surface area contributed by atoms with E-state index in [0.717, 1.165) is 23.3 Å². The molecule has 0 fully saturated rings. The van der Waals surface area contributed by atoms with E-state index >= 15 is 0 Å².